The zero-order valence-electron chi connectivity index (χ0n) is 10.0. The maximum atomic E-state index is 11.7. The van der Waals surface area contributed by atoms with Gasteiger partial charge in [0.1, 0.15) is 0 Å². The van der Waals surface area contributed by atoms with Crippen molar-refractivity contribution in [2.75, 3.05) is 7.11 Å². The van der Waals surface area contributed by atoms with Crippen LogP contribution in [0.5, 0.6) is 0 Å². The van der Waals surface area contributed by atoms with Crippen LogP contribution in [0.1, 0.15) is 29.4 Å². The molecule has 1 aromatic rings. The number of esters is 1. The molecule has 0 N–H and O–H groups in total. The maximum absolute atomic E-state index is 11.7. The molecule has 0 aliphatic rings. The fourth-order valence-corrected chi connectivity index (χ4v) is 1.47. The lowest BCUT2D eigenvalue weighted by atomic mass is 10.1. The molecule has 1 rings (SSSR count). The molecule has 0 aromatic carbocycles. The smallest absolute Gasteiger partial charge is 0.374 e. The number of ketones is 2. The zero-order chi connectivity index (χ0) is 13.0. The summed E-state index contributed by atoms with van der Waals surface area (Å²) in [4.78, 5) is 33.8. The molecule has 0 unspecified atom stereocenters. The zero-order valence-corrected chi connectivity index (χ0v) is 10.0. The van der Waals surface area contributed by atoms with Gasteiger partial charge in [0, 0.05) is 12.2 Å². The van der Waals surface area contributed by atoms with Crippen molar-refractivity contribution in [2.24, 2.45) is 0 Å². The lowest BCUT2D eigenvalue weighted by Crippen LogP contribution is -2.19. The summed E-state index contributed by atoms with van der Waals surface area (Å²) in [6.07, 6.45) is 0.925. The first-order valence-corrected chi connectivity index (χ1v) is 5.18. The van der Waals surface area contributed by atoms with Crippen LogP contribution >= 0.6 is 0 Å². The Bertz CT molecular complexity index is 462. The Kier molecular flexibility index (Phi) is 4.14. The van der Waals surface area contributed by atoms with Gasteiger partial charge in [-0.15, -0.1) is 0 Å². The van der Waals surface area contributed by atoms with Crippen LogP contribution in [0, 0.1) is 6.92 Å². The van der Waals surface area contributed by atoms with Crippen molar-refractivity contribution in [3.63, 3.8) is 0 Å². The summed E-state index contributed by atoms with van der Waals surface area (Å²) in [6, 6.07) is 0. The SMILES string of the molecule is CCn1ncc(C(=O)CC(=O)C(=O)OC)c1C. The van der Waals surface area contributed by atoms with Gasteiger partial charge >= 0.3 is 5.97 Å². The normalized spacial score (nSPS) is 10.1. The second kappa shape index (κ2) is 5.38. The Morgan fingerprint density at radius 2 is 2.06 bits per heavy atom. The predicted octanol–water partition coefficient (Wildman–Crippen LogP) is 0.526. The number of hydrogen-bond acceptors (Lipinski definition) is 5. The van der Waals surface area contributed by atoms with E-state index in [1.165, 1.54) is 6.20 Å². The van der Waals surface area contributed by atoms with Crippen LogP contribution in [-0.4, -0.2) is 34.4 Å². The van der Waals surface area contributed by atoms with Gasteiger partial charge in [-0.1, -0.05) is 0 Å². The van der Waals surface area contributed by atoms with E-state index in [1.807, 2.05) is 6.92 Å². The molecule has 92 valence electrons. The fourth-order valence-electron chi connectivity index (χ4n) is 1.47. The number of rotatable bonds is 5. The van der Waals surface area contributed by atoms with Crippen LogP contribution < -0.4 is 0 Å². The van der Waals surface area contributed by atoms with Gasteiger partial charge in [-0.25, -0.2) is 4.79 Å². The molecule has 0 fully saturated rings. The highest BCUT2D eigenvalue weighted by molar-refractivity contribution is 6.38. The van der Waals surface area contributed by atoms with Gasteiger partial charge in [-0.2, -0.15) is 5.10 Å². The van der Waals surface area contributed by atoms with Crippen molar-refractivity contribution in [3.8, 4) is 0 Å². The molecule has 1 heterocycles. The van der Waals surface area contributed by atoms with Crippen LogP contribution in [0.2, 0.25) is 0 Å². The third-order valence-corrected chi connectivity index (χ3v) is 2.44. The molecule has 0 amide bonds. The summed E-state index contributed by atoms with van der Waals surface area (Å²) in [5.74, 6) is -2.27. The molecule has 17 heavy (non-hydrogen) atoms. The first-order chi connectivity index (χ1) is 8.01. The van der Waals surface area contributed by atoms with Gasteiger partial charge in [0.05, 0.1) is 25.3 Å². The molecule has 0 aliphatic heterocycles. The van der Waals surface area contributed by atoms with Gasteiger partial charge in [-0.05, 0) is 13.8 Å². The fraction of sp³-hybridized carbons (Fsp3) is 0.455. The molecular formula is C11H14N2O4. The predicted molar refractivity (Wildman–Crippen MR) is 58.6 cm³/mol. The number of aromatic nitrogens is 2. The third kappa shape index (κ3) is 2.77. The van der Waals surface area contributed by atoms with Crippen molar-refractivity contribution in [3.05, 3.63) is 17.5 Å². The van der Waals surface area contributed by atoms with Gasteiger partial charge in [-0.3, -0.25) is 14.3 Å². The van der Waals surface area contributed by atoms with Crippen molar-refractivity contribution < 1.29 is 19.1 Å². The number of ether oxygens (including phenoxy) is 1. The van der Waals surface area contributed by atoms with E-state index in [9.17, 15) is 14.4 Å². The Balaban J connectivity index is 2.80. The molecule has 6 nitrogen and oxygen atoms in total. The van der Waals surface area contributed by atoms with E-state index in [0.717, 1.165) is 7.11 Å². The first kappa shape index (κ1) is 13.1. The number of nitrogens with zero attached hydrogens (tertiary/aromatic N) is 2. The van der Waals surface area contributed by atoms with Crippen LogP contribution in [0.4, 0.5) is 0 Å². The highest BCUT2D eigenvalue weighted by atomic mass is 16.5. The quantitative estimate of drug-likeness (QED) is 0.323. The molecular weight excluding hydrogens is 224 g/mol. The van der Waals surface area contributed by atoms with Crippen molar-refractivity contribution in [2.45, 2.75) is 26.8 Å². The van der Waals surface area contributed by atoms with Crippen LogP contribution in [0.15, 0.2) is 6.20 Å². The summed E-state index contributed by atoms with van der Waals surface area (Å²) in [5.41, 5.74) is 1.05. The van der Waals surface area contributed by atoms with Crippen LogP contribution in [-0.2, 0) is 20.9 Å². The summed E-state index contributed by atoms with van der Waals surface area (Å²) < 4.78 is 5.89. The highest BCUT2D eigenvalue weighted by Crippen LogP contribution is 2.10. The summed E-state index contributed by atoms with van der Waals surface area (Å²) in [5, 5.41) is 4.00. The number of carbonyl (C=O) groups excluding carboxylic acids is 3. The van der Waals surface area contributed by atoms with E-state index >= 15 is 0 Å². The first-order valence-electron chi connectivity index (χ1n) is 5.18. The average Bonchev–Trinajstić information content (AvgIpc) is 2.69. The van der Waals surface area contributed by atoms with Gasteiger partial charge in [0.2, 0.25) is 5.78 Å². The molecule has 0 radical (unpaired) electrons. The second-order valence-electron chi connectivity index (χ2n) is 3.47. The Labute approximate surface area is 98.6 Å². The van der Waals surface area contributed by atoms with Gasteiger partial charge in [0.25, 0.3) is 0 Å². The van der Waals surface area contributed by atoms with E-state index < -0.39 is 24.0 Å². The van der Waals surface area contributed by atoms with E-state index in [2.05, 4.69) is 9.84 Å². The minimum Gasteiger partial charge on any atom is -0.463 e. The van der Waals surface area contributed by atoms with Gasteiger partial charge < -0.3 is 4.74 Å². The van der Waals surface area contributed by atoms with Crippen molar-refractivity contribution in [1.29, 1.82) is 0 Å². The van der Waals surface area contributed by atoms with Crippen molar-refractivity contribution >= 4 is 17.5 Å². The number of Topliss-reactive ketones (excluding diaryl/α,β-unsaturated/α-hetero) is 2. The lowest BCUT2D eigenvalue weighted by Gasteiger charge is -2.01. The number of methoxy groups -OCH3 is 1. The second-order valence-corrected chi connectivity index (χ2v) is 3.47. The molecule has 0 saturated heterocycles. The maximum Gasteiger partial charge on any atom is 0.374 e. The summed E-state index contributed by atoms with van der Waals surface area (Å²) >= 11 is 0. The van der Waals surface area contributed by atoms with E-state index in [-0.39, 0.29) is 0 Å². The Morgan fingerprint density at radius 3 is 2.53 bits per heavy atom. The molecule has 6 heteroatoms. The summed E-state index contributed by atoms with van der Waals surface area (Å²) in [7, 11) is 1.10. The minimum absolute atomic E-state index is 0.365. The summed E-state index contributed by atoms with van der Waals surface area (Å²) in [6.45, 7) is 4.28. The number of carbonyl (C=O) groups is 3. The monoisotopic (exact) mass is 238 g/mol. The molecule has 0 spiro atoms. The Morgan fingerprint density at radius 1 is 1.41 bits per heavy atom. The third-order valence-electron chi connectivity index (χ3n) is 2.44. The van der Waals surface area contributed by atoms with Gasteiger partial charge in [0.15, 0.2) is 5.78 Å². The molecule has 0 aliphatic carbocycles. The minimum atomic E-state index is -1.00. The number of aryl methyl sites for hydroxylation is 1. The lowest BCUT2D eigenvalue weighted by molar-refractivity contribution is -0.151. The van der Waals surface area contributed by atoms with Crippen LogP contribution in [0.3, 0.4) is 0 Å². The van der Waals surface area contributed by atoms with Crippen molar-refractivity contribution in [1.82, 2.24) is 9.78 Å². The Hall–Kier alpha value is -1.98. The topological polar surface area (TPSA) is 78.3 Å². The van der Waals surface area contributed by atoms with E-state index in [1.54, 1.807) is 11.6 Å². The molecule has 1 aromatic heterocycles. The van der Waals surface area contributed by atoms with E-state index in [4.69, 9.17) is 0 Å². The number of hydrogen-bond donors (Lipinski definition) is 0. The largest absolute Gasteiger partial charge is 0.463 e. The highest BCUT2D eigenvalue weighted by Gasteiger charge is 2.21. The van der Waals surface area contributed by atoms with Crippen LogP contribution in [0.25, 0.3) is 0 Å². The molecule has 0 saturated carbocycles. The van der Waals surface area contributed by atoms with E-state index in [0.29, 0.717) is 17.8 Å². The standard InChI is InChI=1S/C11H14N2O4/c1-4-13-7(2)8(6-12-13)9(14)5-10(15)11(16)17-3/h6H,4-5H2,1-3H3. The molecule has 0 bridgehead atoms. The average molecular weight is 238 g/mol. The molecule has 0 atom stereocenters.